The summed E-state index contributed by atoms with van der Waals surface area (Å²) in [6.07, 6.45) is 0.858. The van der Waals surface area contributed by atoms with E-state index in [2.05, 4.69) is 6.07 Å². The molecular weight excluding hydrogens is 300 g/mol. The van der Waals surface area contributed by atoms with Crippen LogP contribution in [0, 0.1) is 11.3 Å². The molecule has 122 valence electrons. The van der Waals surface area contributed by atoms with Crippen LogP contribution in [0.2, 0.25) is 0 Å². The molecule has 0 saturated carbocycles. The van der Waals surface area contributed by atoms with Crippen molar-refractivity contribution in [3.63, 3.8) is 0 Å². The molecular formula is C20H20N2O2. The van der Waals surface area contributed by atoms with Crippen molar-refractivity contribution in [2.24, 2.45) is 0 Å². The van der Waals surface area contributed by atoms with Crippen molar-refractivity contribution >= 4 is 5.97 Å². The van der Waals surface area contributed by atoms with Gasteiger partial charge in [0.2, 0.25) is 0 Å². The van der Waals surface area contributed by atoms with Gasteiger partial charge in [-0.1, -0.05) is 48.5 Å². The SMILES string of the molecule is COC(=O)c1c(-c2ccccc2)cccc1C1CCN(C)C1C#N. The topological polar surface area (TPSA) is 53.3 Å². The molecule has 0 bridgehead atoms. The third-order valence-electron chi connectivity index (χ3n) is 4.75. The van der Waals surface area contributed by atoms with Crippen LogP contribution in [0.15, 0.2) is 48.5 Å². The summed E-state index contributed by atoms with van der Waals surface area (Å²) in [7, 11) is 3.35. The minimum absolute atomic E-state index is 0.0118. The van der Waals surface area contributed by atoms with Crippen LogP contribution in [0.3, 0.4) is 0 Å². The lowest BCUT2D eigenvalue weighted by Gasteiger charge is -2.21. The normalized spacial score (nSPS) is 20.5. The first-order chi connectivity index (χ1) is 11.7. The molecule has 3 rings (SSSR count). The largest absolute Gasteiger partial charge is 0.465 e. The van der Waals surface area contributed by atoms with Crippen LogP contribution in [-0.4, -0.2) is 37.6 Å². The van der Waals surface area contributed by atoms with Gasteiger partial charge in [-0.05, 0) is 36.7 Å². The number of carbonyl (C=O) groups is 1. The molecule has 2 aromatic rings. The Morgan fingerprint density at radius 2 is 1.96 bits per heavy atom. The van der Waals surface area contributed by atoms with Crippen LogP contribution in [0.1, 0.15) is 28.3 Å². The van der Waals surface area contributed by atoms with Gasteiger partial charge in [-0.2, -0.15) is 5.26 Å². The second kappa shape index (κ2) is 6.86. The number of ether oxygens (including phenoxy) is 1. The number of hydrogen-bond donors (Lipinski definition) is 0. The fraction of sp³-hybridized carbons (Fsp3) is 0.300. The molecule has 0 aromatic heterocycles. The van der Waals surface area contributed by atoms with E-state index < -0.39 is 0 Å². The number of likely N-dealkylation sites (tertiary alicyclic amines) is 1. The third-order valence-corrected chi connectivity index (χ3v) is 4.75. The summed E-state index contributed by atoms with van der Waals surface area (Å²) < 4.78 is 5.06. The number of benzene rings is 2. The lowest BCUT2D eigenvalue weighted by molar-refractivity contribution is 0.0599. The van der Waals surface area contributed by atoms with E-state index in [0.29, 0.717) is 5.56 Å². The number of rotatable bonds is 3. The van der Waals surface area contributed by atoms with Crippen molar-refractivity contribution in [3.05, 3.63) is 59.7 Å². The Hall–Kier alpha value is -2.64. The monoisotopic (exact) mass is 320 g/mol. The number of nitriles is 1. The van der Waals surface area contributed by atoms with Crippen LogP contribution in [-0.2, 0) is 4.74 Å². The summed E-state index contributed by atoms with van der Waals surface area (Å²) >= 11 is 0. The van der Waals surface area contributed by atoms with E-state index >= 15 is 0 Å². The summed E-state index contributed by atoms with van der Waals surface area (Å²) in [6.45, 7) is 0.846. The fourth-order valence-electron chi connectivity index (χ4n) is 3.53. The predicted octanol–water partition coefficient (Wildman–Crippen LogP) is 3.45. The maximum absolute atomic E-state index is 12.5. The van der Waals surface area contributed by atoms with Gasteiger partial charge in [-0.15, -0.1) is 0 Å². The Balaban J connectivity index is 2.17. The molecule has 24 heavy (non-hydrogen) atoms. The van der Waals surface area contributed by atoms with Crippen molar-refractivity contribution in [3.8, 4) is 17.2 Å². The first-order valence-corrected chi connectivity index (χ1v) is 8.04. The highest BCUT2D eigenvalue weighted by molar-refractivity contribution is 5.99. The van der Waals surface area contributed by atoms with Crippen LogP contribution in [0.25, 0.3) is 11.1 Å². The minimum Gasteiger partial charge on any atom is -0.465 e. The lowest BCUT2D eigenvalue weighted by atomic mass is 9.85. The Bertz CT molecular complexity index is 780. The van der Waals surface area contributed by atoms with Gasteiger partial charge in [0.25, 0.3) is 0 Å². The maximum atomic E-state index is 12.5. The van der Waals surface area contributed by atoms with Gasteiger partial charge < -0.3 is 4.74 Å². The van der Waals surface area contributed by atoms with Crippen molar-refractivity contribution in [1.82, 2.24) is 4.90 Å². The highest BCUT2D eigenvalue weighted by Crippen LogP contribution is 2.38. The molecule has 0 aliphatic carbocycles. The number of nitrogens with zero attached hydrogens (tertiary/aromatic N) is 2. The van der Waals surface area contributed by atoms with E-state index in [1.807, 2.05) is 60.5 Å². The van der Waals surface area contributed by atoms with E-state index in [1.165, 1.54) is 7.11 Å². The van der Waals surface area contributed by atoms with Crippen LogP contribution in [0.4, 0.5) is 0 Å². The second-order valence-corrected chi connectivity index (χ2v) is 6.08. The molecule has 2 unspecified atom stereocenters. The number of methoxy groups -OCH3 is 1. The van der Waals surface area contributed by atoms with Crippen LogP contribution < -0.4 is 0 Å². The molecule has 1 saturated heterocycles. The second-order valence-electron chi connectivity index (χ2n) is 6.08. The number of hydrogen-bond acceptors (Lipinski definition) is 4. The van der Waals surface area contributed by atoms with E-state index in [4.69, 9.17) is 4.74 Å². The summed E-state index contributed by atoms with van der Waals surface area (Å²) in [4.78, 5) is 14.6. The molecule has 1 aliphatic rings. The Labute approximate surface area is 142 Å². The third kappa shape index (κ3) is 2.79. The summed E-state index contributed by atoms with van der Waals surface area (Å²) in [5, 5.41) is 9.53. The van der Waals surface area contributed by atoms with Gasteiger partial charge in [0, 0.05) is 5.92 Å². The Morgan fingerprint density at radius 3 is 2.62 bits per heavy atom. The molecule has 1 heterocycles. The highest BCUT2D eigenvalue weighted by Gasteiger charge is 2.36. The molecule has 0 N–H and O–H groups in total. The van der Waals surface area contributed by atoms with Gasteiger partial charge in [0.15, 0.2) is 0 Å². The number of carbonyl (C=O) groups excluding carboxylic acids is 1. The van der Waals surface area contributed by atoms with Crippen molar-refractivity contribution in [2.75, 3.05) is 20.7 Å². The molecule has 1 fully saturated rings. The minimum atomic E-state index is -0.351. The van der Waals surface area contributed by atoms with Gasteiger partial charge in [0.1, 0.15) is 6.04 Å². The highest BCUT2D eigenvalue weighted by atomic mass is 16.5. The zero-order valence-electron chi connectivity index (χ0n) is 13.9. The molecule has 2 aromatic carbocycles. The van der Waals surface area contributed by atoms with Crippen LogP contribution >= 0.6 is 0 Å². The Morgan fingerprint density at radius 1 is 1.21 bits per heavy atom. The fourth-order valence-corrected chi connectivity index (χ4v) is 3.53. The number of esters is 1. The molecule has 0 amide bonds. The Kier molecular flexibility index (Phi) is 4.64. The van der Waals surface area contributed by atoms with Crippen molar-refractivity contribution < 1.29 is 9.53 Å². The smallest absolute Gasteiger partial charge is 0.338 e. The molecule has 0 spiro atoms. The standard InChI is InChI=1S/C20H20N2O2/c1-22-12-11-16(18(22)13-21)17-10-6-9-15(19(17)20(23)24-2)14-7-4-3-5-8-14/h3-10,16,18H,11-12H2,1-2H3. The number of likely N-dealkylation sites (N-methyl/N-ethyl adjacent to an activating group) is 1. The molecule has 4 nitrogen and oxygen atoms in total. The van der Waals surface area contributed by atoms with Crippen molar-refractivity contribution in [1.29, 1.82) is 5.26 Å². The zero-order valence-corrected chi connectivity index (χ0v) is 13.9. The molecule has 2 atom stereocenters. The average Bonchev–Trinajstić information content (AvgIpc) is 3.01. The maximum Gasteiger partial charge on any atom is 0.338 e. The quantitative estimate of drug-likeness (QED) is 0.813. The summed E-state index contributed by atoms with van der Waals surface area (Å²) in [6, 6.07) is 17.8. The molecule has 4 heteroatoms. The average molecular weight is 320 g/mol. The van der Waals surface area contributed by atoms with Gasteiger partial charge in [-0.25, -0.2) is 4.79 Å². The van der Waals surface area contributed by atoms with E-state index in [0.717, 1.165) is 29.7 Å². The first kappa shape index (κ1) is 16.2. The van der Waals surface area contributed by atoms with Crippen molar-refractivity contribution in [2.45, 2.75) is 18.4 Å². The van der Waals surface area contributed by atoms with Gasteiger partial charge >= 0.3 is 5.97 Å². The van der Waals surface area contributed by atoms with E-state index in [9.17, 15) is 10.1 Å². The van der Waals surface area contributed by atoms with Crippen LogP contribution in [0.5, 0.6) is 0 Å². The molecule has 0 radical (unpaired) electrons. The lowest BCUT2D eigenvalue weighted by Crippen LogP contribution is -2.27. The summed E-state index contributed by atoms with van der Waals surface area (Å²) in [5.74, 6) is -0.339. The van der Waals surface area contributed by atoms with Gasteiger partial charge in [0.05, 0.1) is 18.7 Å². The van der Waals surface area contributed by atoms with E-state index in [1.54, 1.807) is 0 Å². The summed E-state index contributed by atoms with van der Waals surface area (Å²) in [5.41, 5.74) is 3.30. The zero-order chi connectivity index (χ0) is 17.1. The predicted molar refractivity (Wildman–Crippen MR) is 92.6 cm³/mol. The first-order valence-electron chi connectivity index (χ1n) is 8.04. The molecule has 1 aliphatic heterocycles. The van der Waals surface area contributed by atoms with E-state index in [-0.39, 0.29) is 17.9 Å². The van der Waals surface area contributed by atoms with Gasteiger partial charge in [-0.3, -0.25) is 4.90 Å².